The monoisotopic (exact) mass is 291 g/mol. The predicted octanol–water partition coefficient (Wildman–Crippen LogP) is 3.70. The maximum atomic E-state index is 12.2. The van der Waals surface area contributed by atoms with Crippen LogP contribution in [0.1, 0.15) is 33.3 Å². The Labute approximate surface area is 127 Å². The van der Waals surface area contributed by atoms with Gasteiger partial charge in [-0.25, -0.2) is 4.79 Å². The number of anilines is 1. The molecule has 1 atom stereocenters. The van der Waals surface area contributed by atoms with Gasteiger partial charge in [-0.05, 0) is 64.0 Å². The Morgan fingerprint density at radius 3 is 2.43 bits per heavy atom. The Morgan fingerprint density at radius 1 is 1.29 bits per heavy atom. The van der Waals surface area contributed by atoms with Gasteiger partial charge in [-0.2, -0.15) is 0 Å². The summed E-state index contributed by atoms with van der Waals surface area (Å²) < 4.78 is 10.4. The minimum Gasteiger partial charge on any atom is -0.497 e. The highest BCUT2D eigenvalue weighted by Crippen LogP contribution is 2.24. The summed E-state index contributed by atoms with van der Waals surface area (Å²) in [5, 5.41) is 3.28. The minimum absolute atomic E-state index is 0.258. The molecule has 0 saturated heterocycles. The molecule has 0 bridgehead atoms. The predicted molar refractivity (Wildman–Crippen MR) is 85.8 cm³/mol. The summed E-state index contributed by atoms with van der Waals surface area (Å²) in [6.07, 6.45) is 0. The van der Waals surface area contributed by atoms with Crippen molar-refractivity contribution < 1.29 is 14.3 Å². The number of esters is 1. The number of carbonyl (C=O) groups is 1. The molecule has 21 heavy (non-hydrogen) atoms. The summed E-state index contributed by atoms with van der Waals surface area (Å²) in [5.74, 6) is 0.538. The zero-order valence-electron chi connectivity index (χ0n) is 13.7. The quantitative estimate of drug-likeness (QED) is 0.641. The average Bonchev–Trinajstić information content (AvgIpc) is 2.45. The lowest BCUT2D eigenvalue weighted by atomic mass is 10.0. The topological polar surface area (TPSA) is 47.6 Å². The SMILES string of the molecule is CCOC(=O)C(Nc1ccc(OC)cc1C)C(C)=C(C)C. The van der Waals surface area contributed by atoms with Gasteiger partial charge >= 0.3 is 5.97 Å². The fourth-order valence-electron chi connectivity index (χ4n) is 1.94. The van der Waals surface area contributed by atoms with Crippen molar-refractivity contribution in [1.82, 2.24) is 0 Å². The van der Waals surface area contributed by atoms with Crippen LogP contribution in [-0.2, 0) is 9.53 Å². The lowest BCUT2D eigenvalue weighted by Crippen LogP contribution is -2.33. The molecule has 116 valence electrons. The first-order valence-corrected chi connectivity index (χ1v) is 7.12. The van der Waals surface area contributed by atoms with E-state index in [-0.39, 0.29) is 5.97 Å². The normalized spacial score (nSPS) is 11.5. The lowest BCUT2D eigenvalue weighted by Gasteiger charge is -2.22. The van der Waals surface area contributed by atoms with E-state index in [1.54, 1.807) is 7.11 Å². The molecule has 0 aromatic heterocycles. The number of allylic oxidation sites excluding steroid dienone is 1. The first kappa shape index (κ1) is 17.1. The molecule has 1 aromatic rings. The number of carbonyl (C=O) groups excluding carboxylic acids is 1. The zero-order chi connectivity index (χ0) is 16.0. The number of hydrogen-bond acceptors (Lipinski definition) is 4. The van der Waals surface area contributed by atoms with E-state index in [1.807, 2.05) is 52.8 Å². The molecule has 4 nitrogen and oxygen atoms in total. The first-order valence-electron chi connectivity index (χ1n) is 7.12. The van der Waals surface area contributed by atoms with Gasteiger partial charge in [-0.15, -0.1) is 0 Å². The van der Waals surface area contributed by atoms with E-state index >= 15 is 0 Å². The first-order chi connectivity index (χ1) is 9.90. The second-order valence-corrected chi connectivity index (χ2v) is 5.19. The van der Waals surface area contributed by atoms with E-state index < -0.39 is 6.04 Å². The average molecular weight is 291 g/mol. The smallest absolute Gasteiger partial charge is 0.332 e. The van der Waals surface area contributed by atoms with Crippen molar-refractivity contribution in [2.75, 3.05) is 19.0 Å². The van der Waals surface area contributed by atoms with Crippen LogP contribution in [0.5, 0.6) is 5.75 Å². The Hall–Kier alpha value is -1.97. The highest BCUT2D eigenvalue weighted by atomic mass is 16.5. The zero-order valence-corrected chi connectivity index (χ0v) is 13.7. The molecule has 1 rings (SSSR count). The van der Waals surface area contributed by atoms with Crippen LogP contribution in [0.25, 0.3) is 0 Å². The van der Waals surface area contributed by atoms with Gasteiger partial charge in [0.15, 0.2) is 0 Å². The molecule has 0 fully saturated rings. The lowest BCUT2D eigenvalue weighted by molar-refractivity contribution is -0.143. The van der Waals surface area contributed by atoms with Crippen molar-refractivity contribution in [3.05, 3.63) is 34.9 Å². The molecule has 0 heterocycles. The van der Waals surface area contributed by atoms with Gasteiger partial charge in [-0.3, -0.25) is 0 Å². The van der Waals surface area contributed by atoms with Crippen molar-refractivity contribution in [1.29, 1.82) is 0 Å². The van der Waals surface area contributed by atoms with Crippen LogP contribution in [0.4, 0.5) is 5.69 Å². The van der Waals surface area contributed by atoms with E-state index in [1.165, 1.54) is 0 Å². The molecule has 0 radical (unpaired) electrons. The number of rotatable bonds is 6. The third-order valence-corrected chi connectivity index (χ3v) is 3.48. The van der Waals surface area contributed by atoms with E-state index in [0.29, 0.717) is 6.61 Å². The van der Waals surface area contributed by atoms with E-state index in [9.17, 15) is 4.79 Å². The number of ether oxygens (including phenoxy) is 2. The van der Waals surface area contributed by atoms with E-state index in [0.717, 1.165) is 28.1 Å². The molecule has 0 spiro atoms. The van der Waals surface area contributed by atoms with E-state index in [2.05, 4.69) is 5.32 Å². The molecule has 0 aliphatic heterocycles. The summed E-state index contributed by atoms with van der Waals surface area (Å²) in [5.41, 5.74) is 4.00. The maximum absolute atomic E-state index is 12.2. The standard InChI is InChI=1S/C17H25NO3/c1-7-21-17(19)16(13(5)11(2)3)18-15-9-8-14(20-6)10-12(15)4/h8-10,16,18H,7H2,1-6H3. The van der Waals surface area contributed by atoms with Gasteiger partial charge in [0.25, 0.3) is 0 Å². The minimum atomic E-state index is -0.470. The highest BCUT2D eigenvalue weighted by Gasteiger charge is 2.22. The third-order valence-electron chi connectivity index (χ3n) is 3.48. The molecule has 0 aliphatic rings. The van der Waals surface area contributed by atoms with Gasteiger partial charge in [0, 0.05) is 5.69 Å². The molecular formula is C17H25NO3. The molecule has 4 heteroatoms. The Morgan fingerprint density at radius 2 is 1.95 bits per heavy atom. The van der Waals surface area contributed by atoms with Crippen LogP contribution in [0, 0.1) is 6.92 Å². The molecule has 1 unspecified atom stereocenters. The number of hydrogen-bond donors (Lipinski definition) is 1. The molecule has 0 amide bonds. The summed E-state index contributed by atoms with van der Waals surface area (Å²) >= 11 is 0. The second kappa shape index (κ2) is 7.72. The van der Waals surface area contributed by atoms with Crippen molar-refractivity contribution in [2.45, 2.75) is 40.7 Å². The summed E-state index contributed by atoms with van der Waals surface area (Å²) in [6.45, 7) is 10.1. The van der Waals surface area contributed by atoms with Gasteiger partial charge in [0.1, 0.15) is 11.8 Å². The Balaban J connectivity index is 3.07. The second-order valence-electron chi connectivity index (χ2n) is 5.19. The van der Waals surface area contributed by atoms with Crippen molar-refractivity contribution in [3.8, 4) is 5.75 Å². The third kappa shape index (κ3) is 4.52. The molecule has 1 aromatic carbocycles. The van der Waals surface area contributed by atoms with Crippen LogP contribution >= 0.6 is 0 Å². The molecule has 0 aliphatic carbocycles. The number of methoxy groups -OCH3 is 1. The number of nitrogens with one attached hydrogen (secondary N) is 1. The van der Waals surface area contributed by atoms with Gasteiger partial charge < -0.3 is 14.8 Å². The van der Waals surface area contributed by atoms with Crippen LogP contribution in [0.15, 0.2) is 29.3 Å². The molecule has 0 saturated carbocycles. The molecular weight excluding hydrogens is 266 g/mol. The van der Waals surface area contributed by atoms with Crippen LogP contribution in [0.3, 0.4) is 0 Å². The molecule has 1 N–H and O–H groups in total. The fraction of sp³-hybridized carbons (Fsp3) is 0.471. The van der Waals surface area contributed by atoms with Crippen molar-refractivity contribution in [3.63, 3.8) is 0 Å². The van der Waals surface area contributed by atoms with Crippen LogP contribution < -0.4 is 10.1 Å². The van der Waals surface area contributed by atoms with Crippen molar-refractivity contribution >= 4 is 11.7 Å². The number of aryl methyl sites for hydroxylation is 1. The van der Waals surface area contributed by atoms with E-state index in [4.69, 9.17) is 9.47 Å². The van der Waals surface area contributed by atoms with Crippen LogP contribution in [-0.4, -0.2) is 25.7 Å². The summed E-state index contributed by atoms with van der Waals surface area (Å²) in [4.78, 5) is 12.2. The van der Waals surface area contributed by atoms with Gasteiger partial charge in [-0.1, -0.05) is 5.57 Å². The van der Waals surface area contributed by atoms with Gasteiger partial charge in [0.05, 0.1) is 13.7 Å². The fourth-order valence-corrected chi connectivity index (χ4v) is 1.94. The highest BCUT2D eigenvalue weighted by molar-refractivity contribution is 5.83. The summed E-state index contributed by atoms with van der Waals surface area (Å²) in [7, 11) is 1.64. The van der Waals surface area contributed by atoms with Crippen molar-refractivity contribution in [2.24, 2.45) is 0 Å². The largest absolute Gasteiger partial charge is 0.497 e. The van der Waals surface area contributed by atoms with Crippen LogP contribution in [0.2, 0.25) is 0 Å². The Bertz CT molecular complexity index is 531. The Kier molecular flexibility index (Phi) is 6.28. The maximum Gasteiger partial charge on any atom is 0.332 e. The number of benzene rings is 1. The van der Waals surface area contributed by atoms with Gasteiger partial charge in [0.2, 0.25) is 0 Å². The summed E-state index contributed by atoms with van der Waals surface area (Å²) in [6, 6.07) is 5.25.